The minimum absolute atomic E-state index is 0.550. The van der Waals surface area contributed by atoms with Crippen LogP contribution in [0.15, 0.2) is 34.6 Å². The summed E-state index contributed by atoms with van der Waals surface area (Å²) in [7, 11) is 2.01. The van der Waals surface area contributed by atoms with E-state index in [4.69, 9.17) is 19.9 Å². The molecule has 1 aromatic carbocycles. The second-order valence-corrected chi connectivity index (χ2v) is 9.69. The SMILES string of the molecule is Cn1c2ccccc2c2nnc(Sc3nc(N4CCCCC4)nc(N4CCCCC4)n3)nc21. The van der Waals surface area contributed by atoms with Gasteiger partial charge in [-0.3, -0.25) is 0 Å². The van der Waals surface area contributed by atoms with Gasteiger partial charge in [0.25, 0.3) is 0 Å². The first-order chi connectivity index (χ1) is 16.3. The van der Waals surface area contributed by atoms with Crippen molar-refractivity contribution >= 4 is 45.7 Å². The molecule has 0 aliphatic carbocycles. The lowest BCUT2D eigenvalue weighted by Crippen LogP contribution is -2.34. The number of aromatic nitrogens is 7. The normalized spacial score (nSPS) is 17.2. The number of nitrogens with zero attached hydrogens (tertiary/aromatic N) is 9. The van der Waals surface area contributed by atoms with Crippen LogP contribution in [0.3, 0.4) is 0 Å². The third-order valence-corrected chi connectivity index (χ3v) is 7.26. The molecule has 10 heteroatoms. The number of aryl methyl sites for hydroxylation is 1. The van der Waals surface area contributed by atoms with Crippen molar-refractivity contribution in [3.63, 3.8) is 0 Å². The van der Waals surface area contributed by atoms with E-state index >= 15 is 0 Å². The van der Waals surface area contributed by atoms with E-state index in [0.717, 1.165) is 60.1 Å². The Morgan fingerprint density at radius 1 is 0.697 bits per heavy atom. The summed E-state index contributed by atoms with van der Waals surface area (Å²) < 4.78 is 2.06. The molecule has 0 bridgehead atoms. The Hall–Kier alpha value is -3.01. The van der Waals surface area contributed by atoms with Gasteiger partial charge < -0.3 is 14.4 Å². The van der Waals surface area contributed by atoms with Crippen LogP contribution in [-0.2, 0) is 7.05 Å². The maximum absolute atomic E-state index is 4.87. The van der Waals surface area contributed by atoms with Crippen molar-refractivity contribution in [1.29, 1.82) is 0 Å². The molecule has 4 aromatic rings. The molecule has 0 N–H and O–H groups in total. The Labute approximate surface area is 196 Å². The standard InChI is InChI=1S/C23H27N9S/c1-30-17-11-5-4-10-16(17)18-19(30)24-23(29-28-18)33-22-26-20(31-12-6-2-7-13-31)25-21(27-22)32-14-8-3-9-15-32/h4-5,10-11H,2-3,6-9,12-15H2,1H3. The molecule has 0 spiro atoms. The van der Waals surface area contributed by atoms with Gasteiger partial charge in [-0.2, -0.15) is 15.0 Å². The van der Waals surface area contributed by atoms with Crippen LogP contribution < -0.4 is 9.80 Å². The van der Waals surface area contributed by atoms with Crippen molar-refractivity contribution < 1.29 is 0 Å². The van der Waals surface area contributed by atoms with Crippen LogP contribution >= 0.6 is 11.8 Å². The third-order valence-electron chi connectivity index (χ3n) is 6.54. The zero-order chi connectivity index (χ0) is 22.2. The van der Waals surface area contributed by atoms with E-state index in [1.165, 1.54) is 50.3 Å². The number of piperidine rings is 2. The Kier molecular flexibility index (Phi) is 5.45. The predicted molar refractivity (Wildman–Crippen MR) is 130 cm³/mol. The molecular formula is C23H27N9S. The monoisotopic (exact) mass is 461 g/mol. The summed E-state index contributed by atoms with van der Waals surface area (Å²) in [6.45, 7) is 3.97. The fraction of sp³-hybridized carbons (Fsp3) is 0.478. The quantitative estimate of drug-likeness (QED) is 0.450. The largest absolute Gasteiger partial charge is 0.341 e. The second-order valence-electron chi connectivity index (χ2n) is 8.76. The zero-order valence-corrected chi connectivity index (χ0v) is 19.6. The average molecular weight is 462 g/mol. The van der Waals surface area contributed by atoms with E-state index in [0.29, 0.717) is 10.3 Å². The Morgan fingerprint density at radius 2 is 1.33 bits per heavy atom. The highest BCUT2D eigenvalue weighted by atomic mass is 32.2. The van der Waals surface area contributed by atoms with E-state index in [2.05, 4.69) is 36.7 Å². The topological polar surface area (TPSA) is 88.8 Å². The summed E-state index contributed by atoms with van der Waals surface area (Å²) in [5.74, 6) is 1.54. The molecule has 2 fully saturated rings. The molecule has 2 aliphatic heterocycles. The predicted octanol–water partition coefficient (Wildman–Crippen LogP) is 3.83. The highest BCUT2D eigenvalue weighted by Gasteiger charge is 2.21. The van der Waals surface area contributed by atoms with Crippen LogP contribution in [0.5, 0.6) is 0 Å². The molecule has 5 heterocycles. The molecular weight excluding hydrogens is 434 g/mol. The summed E-state index contributed by atoms with van der Waals surface area (Å²) >= 11 is 1.36. The number of rotatable bonds is 4. The van der Waals surface area contributed by atoms with Crippen molar-refractivity contribution in [1.82, 2.24) is 34.7 Å². The number of hydrogen-bond acceptors (Lipinski definition) is 9. The second kappa shape index (κ2) is 8.74. The lowest BCUT2D eigenvalue weighted by molar-refractivity contribution is 0.551. The van der Waals surface area contributed by atoms with Gasteiger partial charge in [0.1, 0.15) is 5.52 Å². The average Bonchev–Trinajstić information content (AvgIpc) is 3.16. The maximum atomic E-state index is 4.87. The van der Waals surface area contributed by atoms with E-state index in [1.54, 1.807) is 0 Å². The van der Waals surface area contributed by atoms with Crippen molar-refractivity contribution in [2.75, 3.05) is 36.0 Å². The van der Waals surface area contributed by atoms with E-state index in [1.807, 2.05) is 19.2 Å². The van der Waals surface area contributed by atoms with Crippen LogP contribution in [0, 0.1) is 0 Å². The van der Waals surface area contributed by atoms with Crippen LogP contribution in [-0.4, -0.2) is 60.9 Å². The third kappa shape index (κ3) is 3.96. The smallest absolute Gasteiger partial charge is 0.231 e. The van der Waals surface area contributed by atoms with Crippen molar-refractivity contribution in [3.8, 4) is 0 Å². The van der Waals surface area contributed by atoms with Gasteiger partial charge in [0.15, 0.2) is 5.65 Å². The van der Waals surface area contributed by atoms with Crippen LogP contribution in [0.1, 0.15) is 38.5 Å². The summed E-state index contributed by atoms with van der Waals surface area (Å²) in [5.41, 5.74) is 2.72. The molecule has 2 aliphatic rings. The molecule has 0 atom stereocenters. The molecule has 33 heavy (non-hydrogen) atoms. The lowest BCUT2D eigenvalue weighted by atomic mass is 10.1. The molecule has 0 unspecified atom stereocenters. The Morgan fingerprint density at radius 3 is 2.00 bits per heavy atom. The lowest BCUT2D eigenvalue weighted by Gasteiger charge is -2.30. The van der Waals surface area contributed by atoms with Crippen molar-refractivity contribution in [3.05, 3.63) is 24.3 Å². The van der Waals surface area contributed by atoms with Gasteiger partial charge in [-0.1, -0.05) is 18.2 Å². The highest BCUT2D eigenvalue weighted by molar-refractivity contribution is 7.99. The zero-order valence-electron chi connectivity index (χ0n) is 18.8. The molecule has 170 valence electrons. The Bertz CT molecular complexity index is 1260. The van der Waals surface area contributed by atoms with Gasteiger partial charge in [-0.25, -0.2) is 4.98 Å². The number of para-hydroxylation sites is 1. The molecule has 0 saturated carbocycles. The van der Waals surface area contributed by atoms with Gasteiger partial charge >= 0.3 is 0 Å². The molecule has 3 aromatic heterocycles. The fourth-order valence-corrected chi connectivity index (χ4v) is 5.40. The first kappa shape index (κ1) is 20.6. The fourth-order valence-electron chi connectivity index (χ4n) is 4.77. The molecule has 6 rings (SSSR count). The number of anilines is 2. The van der Waals surface area contributed by atoms with Gasteiger partial charge in [0.2, 0.25) is 22.2 Å². The maximum Gasteiger partial charge on any atom is 0.231 e. The van der Waals surface area contributed by atoms with Gasteiger partial charge in [0, 0.05) is 38.6 Å². The highest BCUT2D eigenvalue weighted by Crippen LogP contribution is 2.30. The molecule has 0 amide bonds. The minimum Gasteiger partial charge on any atom is -0.341 e. The van der Waals surface area contributed by atoms with E-state index in [9.17, 15) is 0 Å². The number of benzene rings is 1. The molecule has 9 nitrogen and oxygen atoms in total. The molecule has 2 saturated heterocycles. The first-order valence-corrected chi connectivity index (χ1v) is 12.6. The van der Waals surface area contributed by atoms with E-state index in [-0.39, 0.29) is 0 Å². The number of fused-ring (bicyclic) bond motifs is 3. The summed E-state index contributed by atoms with van der Waals surface area (Å²) in [4.78, 5) is 23.9. The van der Waals surface area contributed by atoms with Crippen LogP contribution in [0.4, 0.5) is 11.9 Å². The van der Waals surface area contributed by atoms with Crippen molar-refractivity contribution in [2.24, 2.45) is 7.05 Å². The summed E-state index contributed by atoms with van der Waals surface area (Å²) in [6, 6.07) is 8.18. The van der Waals surface area contributed by atoms with Crippen LogP contribution in [0.25, 0.3) is 22.1 Å². The van der Waals surface area contributed by atoms with Gasteiger partial charge in [-0.05, 0) is 56.4 Å². The van der Waals surface area contributed by atoms with Crippen LogP contribution in [0.2, 0.25) is 0 Å². The first-order valence-electron chi connectivity index (χ1n) is 11.8. The van der Waals surface area contributed by atoms with Gasteiger partial charge in [0.05, 0.1) is 5.52 Å². The number of hydrogen-bond donors (Lipinski definition) is 0. The summed E-state index contributed by atoms with van der Waals surface area (Å²) in [6.07, 6.45) is 7.26. The van der Waals surface area contributed by atoms with E-state index < -0.39 is 0 Å². The minimum atomic E-state index is 0.550. The summed E-state index contributed by atoms with van der Waals surface area (Å²) in [5, 5.41) is 11.2. The van der Waals surface area contributed by atoms with Crippen molar-refractivity contribution in [2.45, 2.75) is 48.8 Å². The van der Waals surface area contributed by atoms with Gasteiger partial charge in [-0.15, -0.1) is 10.2 Å². The Balaban J connectivity index is 1.37. The molecule has 0 radical (unpaired) electrons.